The van der Waals surface area contributed by atoms with Gasteiger partial charge in [0.05, 0.1) is 39.6 Å². The molecule has 0 heterocycles. The molecule has 8 heteroatoms. The monoisotopic (exact) mass is 430 g/mol. The minimum atomic E-state index is -0.523. The third-order valence-corrected chi connectivity index (χ3v) is 5.15. The molecule has 1 saturated carbocycles. The summed E-state index contributed by atoms with van der Waals surface area (Å²) in [6, 6.07) is 9.59. The molecule has 2 aromatic rings. The first-order chi connectivity index (χ1) is 15.0. The molecule has 1 aliphatic carbocycles. The van der Waals surface area contributed by atoms with Gasteiger partial charge in [-0.25, -0.2) is 9.59 Å². The topological polar surface area (TPSA) is 89.5 Å². The molecule has 0 aliphatic heterocycles. The Kier molecular flexibility index (Phi) is 7.23. The highest BCUT2D eigenvalue weighted by atomic mass is 16.6. The Balaban J connectivity index is 1.67. The minimum Gasteiger partial charge on any atom is -0.493 e. The van der Waals surface area contributed by atoms with Gasteiger partial charge in [0.25, 0.3) is 0 Å². The number of hydrogen-bond acceptors (Lipinski definition) is 8. The molecule has 31 heavy (non-hydrogen) atoms. The number of benzene rings is 2. The van der Waals surface area contributed by atoms with Gasteiger partial charge < -0.3 is 28.4 Å². The van der Waals surface area contributed by atoms with E-state index in [4.69, 9.17) is 28.4 Å². The Hall–Kier alpha value is -3.42. The van der Waals surface area contributed by atoms with Crippen molar-refractivity contribution in [1.29, 1.82) is 0 Å². The van der Waals surface area contributed by atoms with Crippen LogP contribution in [0.1, 0.15) is 40.0 Å². The molecule has 0 spiro atoms. The standard InChI is InChI=1S/C23H26O8/c1-26-16-10-8-14(12-20(16)28-3)22(24)30-18-6-5-7-19(18)31-23(25)15-9-11-17(27-2)21(13-15)29-4/h8-13,18-19H,5-7H2,1-4H3. The van der Waals surface area contributed by atoms with Crippen LogP contribution in [-0.2, 0) is 9.47 Å². The highest BCUT2D eigenvalue weighted by molar-refractivity contribution is 5.91. The second-order valence-electron chi connectivity index (χ2n) is 6.96. The number of rotatable bonds is 8. The summed E-state index contributed by atoms with van der Waals surface area (Å²) in [7, 11) is 6.03. The van der Waals surface area contributed by atoms with Crippen molar-refractivity contribution in [2.75, 3.05) is 28.4 Å². The lowest BCUT2D eigenvalue weighted by molar-refractivity contribution is -0.0239. The van der Waals surface area contributed by atoms with Gasteiger partial charge in [0.15, 0.2) is 23.0 Å². The first kappa shape index (κ1) is 22.3. The van der Waals surface area contributed by atoms with Crippen LogP contribution in [0.2, 0.25) is 0 Å². The van der Waals surface area contributed by atoms with Gasteiger partial charge in [0.2, 0.25) is 0 Å². The zero-order valence-corrected chi connectivity index (χ0v) is 18.0. The van der Waals surface area contributed by atoms with Gasteiger partial charge in [-0.15, -0.1) is 0 Å². The minimum absolute atomic E-state index is 0.328. The van der Waals surface area contributed by atoms with E-state index in [1.165, 1.54) is 28.4 Å². The summed E-state index contributed by atoms with van der Waals surface area (Å²) < 4.78 is 32.1. The quantitative estimate of drug-likeness (QED) is 0.586. The molecule has 8 nitrogen and oxygen atoms in total. The van der Waals surface area contributed by atoms with Crippen molar-refractivity contribution in [2.45, 2.75) is 31.5 Å². The summed E-state index contributed by atoms with van der Waals surface area (Å²) in [6.45, 7) is 0. The molecule has 0 N–H and O–H groups in total. The maximum Gasteiger partial charge on any atom is 0.338 e. The van der Waals surface area contributed by atoms with E-state index in [2.05, 4.69) is 0 Å². The van der Waals surface area contributed by atoms with Crippen LogP contribution >= 0.6 is 0 Å². The predicted molar refractivity (Wildman–Crippen MR) is 111 cm³/mol. The van der Waals surface area contributed by atoms with E-state index in [0.29, 0.717) is 47.0 Å². The fourth-order valence-corrected chi connectivity index (χ4v) is 3.50. The number of ether oxygens (including phenoxy) is 6. The lowest BCUT2D eigenvalue weighted by atomic mass is 10.2. The molecule has 166 valence electrons. The summed E-state index contributed by atoms with van der Waals surface area (Å²) in [6.07, 6.45) is 0.967. The third-order valence-electron chi connectivity index (χ3n) is 5.15. The van der Waals surface area contributed by atoms with Crippen molar-refractivity contribution >= 4 is 11.9 Å². The van der Waals surface area contributed by atoms with E-state index in [-0.39, 0.29) is 0 Å². The Labute approximate surface area is 181 Å². The van der Waals surface area contributed by atoms with Crippen LogP contribution < -0.4 is 18.9 Å². The maximum absolute atomic E-state index is 12.6. The first-order valence-corrected chi connectivity index (χ1v) is 9.86. The molecule has 2 aromatic carbocycles. The van der Waals surface area contributed by atoms with Gasteiger partial charge in [0, 0.05) is 0 Å². The Morgan fingerprint density at radius 1 is 0.645 bits per heavy atom. The lowest BCUT2D eigenvalue weighted by Crippen LogP contribution is -2.30. The van der Waals surface area contributed by atoms with Crippen molar-refractivity contribution in [3.05, 3.63) is 47.5 Å². The van der Waals surface area contributed by atoms with Crippen LogP contribution in [0.4, 0.5) is 0 Å². The lowest BCUT2D eigenvalue weighted by Gasteiger charge is -2.21. The zero-order valence-electron chi connectivity index (χ0n) is 18.0. The Morgan fingerprint density at radius 2 is 1.03 bits per heavy atom. The highest BCUT2D eigenvalue weighted by Gasteiger charge is 2.34. The number of esters is 2. The van der Waals surface area contributed by atoms with Crippen molar-refractivity contribution in [1.82, 2.24) is 0 Å². The largest absolute Gasteiger partial charge is 0.493 e. The van der Waals surface area contributed by atoms with Gasteiger partial charge in [-0.1, -0.05) is 0 Å². The van der Waals surface area contributed by atoms with Crippen LogP contribution in [0.15, 0.2) is 36.4 Å². The maximum atomic E-state index is 12.6. The van der Waals surface area contributed by atoms with Gasteiger partial charge in [-0.2, -0.15) is 0 Å². The van der Waals surface area contributed by atoms with E-state index in [1.54, 1.807) is 36.4 Å². The molecular formula is C23H26O8. The smallest absolute Gasteiger partial charge is 0.338 e. The molecule has 0 amide bonds. The van der Waals surface area contributed by atoms with E-state index in [0.717, 1.165) is 6.42 Å². The van der Waals surface area contributed by atoms with Crippen LogP contribution in [0.25, 0.3) is 0 Å². The molecule has 0 radical (unpaired) electrons. The van der Waals surface area contributed by atoms with Gasteiger partial charge in [0.1, 0.15) is 12.2 Å². The van der Waals surface area contributed by atoms with Crippen LogP contribution in [-0.4, -0.2) is 52.6 Å². The highest BCUT2D eigenvalue weighted by Crippen LogP contribution is 2.31. The van der Waals surface area contributed by atoms with Crippen LogP contribution in [0.5, 0.6) is 23.0 Å². The van der Waals surface area contributed by atoms with Crippen LogP contribution in [0, 0.1) is 0 Å². The first-order valence-electron chi connectivity index (χ1n) is 9.86. The molecule has 0 bridgehead atoms. The van der Waals surface area contributed by atoms with Crippen LogP contribution in [0.3, 0.4) is 0 Å². The van der Waals surface area contributed by atoms with E-state index >= 15 is 0 Å². The zero-order chi connectivity index (χ0) is 22.4. The van der Waals surface area contributed by atoms with Crippen molar-refractivity contribution in [3.8, 4) is 23.0 Å². The molecule has 1 fully saturated rings. The van der Waals surface area contributed by atoms with Gasteiger partial charge in [-0.05, 0) is 55.7 Å². The van der Waals surface area contributed by atoms with Gasteiger partial charge >= 0.3 is 11.9 Å². The fraction of sp³-hybridized carbons (Fsp3) is 0.391. The number of hydrogen-bond donors (Lipinski definition) is 0. The molecular weight excluding hydrogens is 404 g/mol. The Morgan fingerprint density at radius 3 is 1.39 bits per heavy atom. The van der Waals surface area contributed by atoms with Crippen molar-refractivity contribution in [3.63, 3.8) is 0 Å². The van der Waals surface area contributed by atoms with Gasteiger partial charge in [-0.3, -0.25) is 0 Å². The average Bonchev–Trinajstić information content (AvgIpc) is 3.23. The molecule has 1 aliphatic rings. The second-order valence-corrected chi connectivity index (χ2v) is 6.96. The van der Waals surface area contributed by atoms with Crippen molar-refractivity contribution < 1.29 is 38.0 Å². The normalized spacial score (nSPS) is 17.5. The van der Waals surface area contributed by atoms with E-state index < -0.39 is 24.1 Å². The Bertz CT molecular complexity index is 864. The fourth-order valence-electron chi connectivity index (χ4n) is 3.50. The number of carbonyl (C=O) groups excluding carboxylic acids is 2. The summed E-state index contributed by atoms with van der Waals surface area (Å²) in [5.41, 5.74) is 0.657. The average molecular weight is 430 g/mol. The molecule has 2 unspecified atom stereocenters. The predicted octanol–water partition coefficient (Wildman–Crippen LogP) is 3.66. The van der Waals surface area contributed by atoms with Crippen molar-refractivity contribution in [2.24, 2.45) is 0 Å². The third kappa shape index (κ3) is 5.02. The number of carbonyl (C=O) groups is 2. The van der Waals surface area contributed by atoms with E-state index in [1.807, 2.05) is 0 Å². The summed E-state index contributed by atoms with van der Waals surface area (Å²) in [5.74, 6) is 0.864. The molecule has 0 saturated heterocycles. The molecule has 0 aromatic heterocycles. The second kappa shape index (κ2) is 10.1. The van der Waals surface area contributed by atoms with E-state index in [9.17, 15) is 9.59 Å². The number of methoxy groups -OCH3 is 4. The summed E-state index contributed by atoms with van der Waals surface area (Å²) >= 11 is 0. The molecule has 3 rings (SSSR count). The summed E-state index contributed by atoms with van der Waals surface area (Å²) in [5, 5.41) is 0. The molecule has 2 atom stereocenters. The summed E-state index contributed by atoms with van der Waals surface area (Å²) in [4.78, 5) is 25.3. The SMILES string of the molecule is COc1ccc(C(=O)OC2CCCC2OC(=O)c2ccc(OC)c(OC)c2)cc1OC.